The summed E-state index contributed by atoms with van der Waals surface area (Å²) in [6.07, 6.45) is 3.86. The normalized spacial score (nSPS) is 17.5. The Bertz CT molecular complexity index is 848. The molecule has 3 rings (SSSR count). The summed E-state index contributed by atoms with van der Waals surface area (Å²) in [4.78, 5) is 18.3. The van der Waals surface area contributed by atoms with Crippen LogP contribution < -0.4 is 5.32 Å². The summed E-state index contributed by atoms with van der Waals surface area (Å²) in [6, 6.07) is 13.2. The number of nitrogens with zero attached hydrogens (tertiary/aromatic N) is 1. The first-order valence-corrected chi connectivity index (χ1v) is 9.74. The molecule has 0 bridgehead atoms. The van der Waals surface area contributed by atoms with Crippen LogP contribution in [0.1, 0.15) is 5.56 Å². The number of thioether (sulfide) groups is 2. The standard InChI is InChI=1S/C17H12Cl2N2OS2/c1-23-11-7-5-10(6-8-11)9-14-16(22)21-17(24-14)20-13-4-2-3-12(18)15(13)19/h2-9H,1H3,(H,20,21,22)/b14-9-. The summed E-state index contributed by atoms with van der Waals surface area (Å²) >= 11 is 15.1. The number of benzene rings is 2. The molecule has 0 spiro atoms. The summed E-state index contributed by atoms with van der Waals surface area (Å²) < 4.78 is 0. The number of hydrogen-bond donors (Lipinski definition) is 1. The van der Waals surface area contributed by atoms with Crippen LogP contribution in [0.15, 0.2) is 57.3 Å². The second-order valence-electron chi connectivity index (χ2n) is 4.83. The summed E-state index contributed by atoms with van der Waals surface area (Å²) in [6.45, 7) is 0. The molecule has 0 radical (unpaired) electrons. The monoisotopic (exact) mass is 394 g/mol. The summed E-state index contributed by atoms with van der Waals surface area (Å²) in [5.74, 6) is -0.175. The molecule has 1 aliphatic rings. The van der Waals surface area contributed by atoms with Crippen LogP contribution in [0.4, 0.5) is 5.69 Å². The highest BCUT2D eigenvalue weighted by Crippen LogP contribution is 2.34. The van der Waals surface area contributed by atoms with E-state index in [4.69, 9.17) is 23.2 Å². The van der Waals surface area contributed by atoms with Crippen molar-refractivity contribution in [2.24, 2.45) is 4.99 Å². The number of hydrogen-bond acceptors (Lipinski definition) is 4. The van der Waals surface area contributed by atoms with Crippen LogP contribution >= 0.6 is 46.7 Å². The largest absolute Gasteiger partial charge is 0.300 e. The molecular weight excluding hydrogens is 383 g/mol. The Hall–Kier alpha value is -1.40. The van der Waals surface area contributed by atoms with Gasteiger partial charge in [0.05, 0.1) is 20.6 Å². The fourth-order valence-electron chi connectivity index (χ4n) is 2.02. The van der Waals surface area contributed by atoms with Gasteiger partial charge in [0.15, 0.2) is 5.17 Å². The first kappa shape index (κ1) is 17.4. The van der Waals surface area contributed by atoms with Crippen LogP contribution in [-0.4, -0.2) is 17.3 Å². The van der Waals surface area contributed by atoms with Gasteiger partial charge in [-0.1, -0.05) is 41.4 Å². The second kappa shape index (κ2) is 7.66. The average molecular weight is 395 g/mol. The first-order valence-electron chi connectivity index (χ1n) is 6.94. The van der Waals surface area contributed by atoms with Gasteiger partial charge in [0.1, 0.15) is 0 Å². The van der Waals surface area contributed by atoms with E-state index in [1.807, 2.05) is 36.6 Å². The van der Waals surface area contributed by atoms with Crippen molar-refractivity contribution in [1.29, 1.82) is 0 Å². The zero-order valence-electron chi connectivity index (χ0n) is 12.5. The Morgan fingerprint density at radius 2 is 1.92 bits per heavy atom. The van der Waals surface area contributed by atoms with Crippen molar-refractivity contribution in [3.63, 3.8) is 0 Å². The molecule has 24 heavy (non-hydrogen) atoms. The molecule has 0 atom stereocenters. The molecule has 0 aliphatic carbocycles. The van der Waals surface area contributed by atoms with Gasteiger partial charge in [-0.05, 0) is 53.9 Å². The SMILES string of the molecule is CSc1ccc(/C=C2\SC(=Nc3cccc(Cl)c3Cl)NC2=O)cc1. The van der Waals surface area contributed by atoms with Gasteiger partial charge < -0.3 is 5.32 Å². The third-order valence-electron chi connectivity index (χ3n) is 3.22. The number of halogens is 2. The highest BCUT2D eigenvalue weighted by molar-refractivity contribution is 8.18. The molecule has 0 unspecified atom stereocenters. The topological polar surface area (TPSA) is 41.5 Å². The third kappa shape index (κ3) is 3.98. The molecule has 1 N–H and O–H groups in total. The lowest BCUT2D eigenvalue weighted by molar-refractivity contribution is -0.115. The van der Waals surface area contributed by atoms with Crippen molar-refractivity contribution >= 4 is 69.6 Å². The molecule has 1 amide bonds. The van der Waals surface area contributed by atoms with Crippen molar-refractivity contribution in [3.05, 3.63) is 63.0 Å². The van der Waals surface area contributed by atoms with Gasteiger partial charge in [-0.25, -0.2) is 4.99 Å². The van der Waals surface area contributed by atoms with E-state index in [1.165, 1.54) is 16.7 Å². The molecule has 3 nitrogen and oxygen atoms in total. The van der Waals surface area contributed by atoms with Crippen LogP contribution in [0, 0.1) is 0 Å². The van der Waals surface area contributed by atoms with Crippen LogP contribution in [0.3, 0.4) is 0 Å². The van der Waals surface area contributed by atoms with Crippen molar-refractivity contribution in [3.8, 4) is 0 Å². The Morgan fingerprint density at radius 1 is 1.17 bits per heavy atom. The predicted molar refractivity (Wildman–Crippen MR) is 105 cm³/mol. The average Bonchev–Trinajstić information content (AvgIpc) is 2.92. The number of rotatable bonds is 3. The lowest BCUT2D eigenvalue weighted by Gasteiger charge is -2.00. The van der Waals surface area contributed by atoms with E-state index >= 15 is 0 Å². The minimum absolute atomic E-state index is 0.175. The maximum absolute atomic E-state index is 12.1. The van der Waals surface area contributed by atoms with Crippen LogP contribution in [-0.2, 0) is 4.79 Å². The first-order chi connectivity index (χ1) is 11.6. The van der Waals surface area contributed by atoms with Gasteiger partial charge in [0.2, 0.25) is 0 Å². The number of carbonyl (C=O) groups is 1. The fraction of sp³-hybridized carbons (Fsp3) is 0.0588. The van der Waals surface area contributed by atoms with Crippen LogP contribution in [0.2, 0.25) is 10.0 Å². The minimum Gasteiger partial charge on any atom is -0.300 e. The Kier molecular flexibility index (Phi) is 5.56. The lowest BCUT2D eigenvalue weighted by atomic mass is 10.2. The van der Waals surface area contributed by atoms with Gasteiger partial charge in [-0.15, -0.1) is 11.8 Å². The lowest BCUT2D eigenvalue weighted by Crippen LogP contribution is -2.19. The number of aliphatic imine (C=N–C) groups is 1. The van der Waals surface area contributed by atoms with E-state index in [2.05, 4.69) is 10.3 Å². The highest BCUT2D eigenvalue weighted by Gasteiger charge is 2.24. The van der Waals surface area contributed by atoms with Crippen molar-refractivity contribution in [2.75, 3.05) is 6.26 Å². The quantitative estimate of drug-likeness (QED) is 0.543. The van der Waals surface area contributed by atoms with Crippen molar-refractivity contribution < 1.29 is 4.79 Å². The van der Waals surface area contributed by atoms with Gasteiger partial charge in [0, 0.05) is 4.90 Å². The molecule has 1 saturated heterocycles. The van der Waals surface area contributed by atoms with E-state index in [9.17, 15) is 4.79 Å². The molecule has 7 heteroatoms. The number of nitrogens with one attached hydrogen (secondary N) is 1. The zero-order valence-corrected chi connectivity index (χ0v) is 15.7. The maximum atomic E-state index is 12.1. The summed E-state index contributed by atoms with van der Waals surface area (Å²) in [5.41, 5.74) is 1.49. The molecule has 0 aromatic heterocycles. The number of amides is 1. The minimum atomic E-state index is -0.175. The highest BCUT2D eigenvalue weighted by atomic mass is 35.5. The van der Waals surface area contributed by atoms with E-state index in [1.54, 1.807) is 30.0 Å². The number of carbonyl (C=O) groups excluding carboxylic acids is 1. The van der Waals surface area contributed by atoms with Gasteiger partial charge >= 0.3 is 0 Å². The van der Waals surface area contributed by atoms with E-state index in [0.29, 0.717) is 25.8 Å². The summed E-state index contributed by atoms with van der Waals surface area (Å²) in [7, 11) is 0. The molecule has 2 aromatic rings. The van der Waals surface area contributed by atoms with Gasteiger partial charge in [-0.2, -0.15) is 0 Å². The molecule has 1 heterocycles. The van der Waals surface area contributed by atoms with E-state index < -0.39 is 0 Å². The molecule has 2 aromatic carbocycles. The molecule has 122 valence electrons. The summed E-state index contributed by atoms with van der Waals surface area (Å²) in [5, 5.41) is 4.02. The Morgan fingerprint density at radius 3 is 2.62 bits per heavy atom. The predicted octanol–water partition coefficient (Wildman–Crippen LogP) is 5.61. The zero-order chi connectivity index (χ0) is 17.1. The van der Waals surface area contributed by atoms with Crippen molar-refractivity contribution in [1.82, 2.24) is 5.32 Å². The maximum Gasteiger partial charge on any atom is 0.264 e. The van der Waals surface area contributed by atoms with Crippen molar-refractivity contribution in [2.45, 2.75) is 4.90 Å². The Labute approximate surface area is 158 Å². The van der Waals surface area contributed by atoms with E-state index in [-0.39, 0.29) is 5.91 Å². The Balaban J connectivity index is 1.83. The van der Waals surface area contributed by atoms with E-state index in [0.717, 1.165) is 5.56 Å². The number of amidine groups is 1. The molecular formula is C17H12Cl2N2OS2. The van der Waals surface area contributed by atoms with Gasteiger partial charge in [-0.3, -0.25) is 4.79 Å². The van der Waals surface area contributed by atoms with Crippen LogP contribution in [0.5, 0.6) is 0 Å². The fourth-order valence-corrected chi connectivity index (χ4v) is 3.60. The molecule has 1 aliphatic heterocycles. The smallest absolute Gasteiger partial charge is 0.264 e. The van der Waals surface area contributed by atoms with Gasteiger partial charge in [0.25, 0.3) is 5.91 Å². The molecule has 1 fully saturated rings. The third-order valence-corrected chi connectivity index (χ3v) is 5.68. The second-order valence-corrected chi connectivity index (χ2v) is 7.52. The van der Waals surface area contributed by atoms with Crippen LogP contribution in [0.25, 0.3) is 6.08 Å². The molecule has 0 saturated carbocycles.